The van der Waals surface area contributed by atoms with Gasteiger partial charge in [-0.1, -0.05) is 6.07 Å². The number of alkyl halides is 3. The molecule has 0 spiro atoms. The fourth-order valence-corrected chi connectivity index (χ4v) is 1.07. The fraction of sp³-hybridized carbons (Fsp3) is 0.273. The van der Waals surface area contributed by atoms with Gasteiger partial charge in [-0.2, -0.15) is 13.2 Å². The number of nitrogens with two attached hydrogens (primary N) is 1. The molecule has 1 aromatic carbocycles. The van der Waals surface area contributed by atoms with Crippen LogP contribution in [0, 0.1) is 0 Å². The molecular weight excluding hydrogens is 238 g/mol. The van der Waals surface area contributed by atoms with Crippen molar-refractivity contribution in [1.29, 1.82) is 0 Å². The molecule has 0 aliphatic carbocycles. The second-order valence-electron chi connectivity index (χ2n) is 3.19. The Morgan fingerprint density at radius 1 is 1.35 bits per heavy atom. The van der Waals surface area contributed by atoms with Gasteiger partial charge in [-0.25, -0.2) is 4.39 Å². The van der Waals surface area contributed by atoms with Gasteiger partial charge < -0.3 is 10.5 Å². The van der Waals surface area contributed by atoms with E-state index in [1.807, 2.05) is 0 Å². The van der Waals surface area contributed by atoms with Crippen LogP contribution in [0.3, 0.4) is 0 Å². The maximum absolute atomic E-state index is 12.6. The Labute approximate surface area is 95.7 Å². The van der Waals surface area contributed by atoms with Gasteiger partial charge >= 0.3 is 6.18 Å². The average Bonchev–Trinajstić information content (AvgIpc) is 2.28. The summed E-state index contributed by atoms with van der Waals surface area (Å²) in [5.41, 5.74) is 4.18. The van der Waals surface area contributed by atoms with Crippen molar-refractivity contribution in [1.82, 2.24) is 0 Å². The highest BCUT2D eigenvalue weighted by Crippen LogP contribution is 2.31. The zero-order chi connectivity index (χ0) is 12.9. The molecule has 0 aromatic heterocycles. The topological polar surface area (TPSA) is 35.2 Å². The molecule has 0 bridgehead atoms. The van der Waals surface area contributed by atoms with E-state index in [1.165, 1.54) is 12.1 Å². The molecule has 2 nitrogen and oxygen atoms in total. The van der Waals surface area contributed by atoms with E-state index in [1.54, 1.807) is 0 Å². The molecule has 0 saturated carbocycles. The van der Waals surface area contributed by atoms with Crippen molar-refractivity contribution in [3.05, 3.63) is 41.7 Å². The van der Waals surface area contributed by atoms with Crippen LogP contribution >= 0.6 is 0 Å². The molecule has 0 amide bonds. The first-order chi connectivity index (χ1) is 7.93. The minimum atomic E-state index is -4.42. The second-order valence-corrected chi connectivity index (χ2v) is 3.19. The van der Waals surface area contributed by atoms with E-state index in [2.05, 4.69) is 0 Å². The Kier molecular flexibility index (Phi) is 4.51. The third-order valence-electron chi connectivity index (χ3n) is 1.91. The Balaban J connectivity index is 2.67. The number of benzene rings is 1. The van der Waals surface area contributed by atoms with Crippen molar-refractivity contribution in [2.75, 3.05) is 13.2 Å². The summed E-state index contributed by atoms with van der Waals surface area (Å²) >= 11 is 0. The summed E-state index contributed by atoms with van der Waals surface area (Å²) in [5.74, 6) is -0.544. The molecule has 0 fully saturated rings. The molecule has 2 N–H and O–H groups in total. The van der Waals surface area contributed by atoms with Gasteiger partial charge in [-0.05, 0) is 24.3 Å². The van der Waals surface area contributed by atoms with Crippen LogP contribution in [0.2, 0.25) is 0 Å². The second kappa shape index (κ2) is 5.67. The van der Waals surface area contributed by atoms with Crippen molar-refractivity contribution >= 4 is 0 Å². The van der Waals surface area contributed by atoms with Gasteiger partial charge in [0.1, 0.15) is 18.2 Å². The van der Waals surface area contributed by atoms with Crippen LogP contribution in [-0.4, -0.2) is 13.2 Å². The van der Waals surface area contributed by atoms with Crippen LogP contribution in [0.1, 0.15) is 5.56 Å². The van der Waals surface area contributed by atoms with Gasteiger partial charge in [-0.15, -0.1) is 0 Å². The van der Waals surface area contributed by atoms with Crippen molar-refractivity contribution in [2.24, 2.45) is 5.73 Å². The predicted octanol–water partition coefficient (Wildman–Crippen LogP) is 2.90. The quantitative estimate of drug-likeness (QED) is 0.833. The van der Waals surface area contributed by atoms with Gasteiger partial charge in [0, 0.05) is 6.54 Å². The van der Waals surface area contributed by atoms with Gasteiger partial charge in [-0.3, -0.25) is 0 Å². The largest absolute Gasteiger partial charge is 0.489 e. The average molecular weight is 249 g/mol. The SMILES string of the molecule is NC/C(F)=C/COc1cccc(C(F)(F)F)c1. The van der Waals surface area contributed by atoms with Gasteiger partial charge in [0.25, 0.3) is 0 Å². The lowest BCUT2D eigenvalue weighted by molar-refractivity contribution is -0.137. The molecule has 1 aromatic rings. The normalized spacial score (nSPS) is 12.6. The van der Waals surface area contributed by atoms with E-state index < -0.39 is 17.6 Å². The first kappa shape index (κ1) is 13.5. The Morgan fingerprint density at radius 3 is 2.65 bits per heavy atom. The lowest BCUT2D eigenvalue weighted by atomic mass is 10.2. The summed E-state index contributed by atoms with van der Waals surface area (Å²) in [5, 5.41) is 0. The highest BCUT2D eigenvalue weighted by atomic mass is 19.4. The molecule has 1 rings (SSSR count). The Bertz CT molecular complexity index is 401. The molecule has 6 heteroatoms. The molecule has 0 unspecified atom stereocenters. The molecule has 0 aliphatic rings. The smallest absolute Gasteiger partial charge is 0.416 e. The molecule has 0 saturated heterocycles. The third kappa shape index (κ3) is 4.44. The van der Waals surface area contributed by atoms with Crippen molar-refractivity contribution < 1.29 is 22.3 Å². The molecule has 0 aliphatic heterocycles. The summed E-state index contributed by atoms with van der Waals surface area (Å²) in [6, 6.07) is 4.38. The Morgan fingerprint density at radius 2 is 2.06 bits per heavy atom. The summed E-state index contributed by atoms with van der Waals surface area (Å²) < 4.78 is 54.5. The number of ether oxygens (including phenoxy) is 1. The van der Waals surface area contributed by atoms with Crippen LogP contribution in [0.5, 0.6) is 5.75 Å². The first-order valence-electron chi connectivity index (χ1n) is 4.78. The number of rotatable bonds is 4. The molecule has 94 valence electrons. The van der Waals surface area contributed by atoms with E-state index in [4.69, 9.17) is 10.5 Å². The third-order valence-corrected chi connectivity index (χ3v) is 1.91. The number of hydrogen-bond donors (Lipinski definition) is 1. The van der Waals surface area contributed by atoms with Crippen LogP contribution in [0.15, 0.2) is 36.2 Å². The van der Waals surface area contributed by atoms with Crippen molar-refractivity contribution in [3.8, 4) is 5.75 Å². The Hall–Kier alpha value is -1.56. The molecule has 0 atom stereocenters. The number of hydrogen-bond acceptors (Lipinski definition) is 2. The van der Waals surface area contributed by atoms with E-state index >= 15 is 0 Å². The van der Waals surface area contributed by atoms with E-state index in [0.29, 0.717) is 0 Å². The van der Waals surface area contributed by atoms with Gasteiger partial charge in [0.2, 0.25) is 0 Å². The summed E-state index contributed by atoms with van der Waals surface area (Å²) in [6.07, 6.45) is -3.35. The zero-order valence-corrected chi connectivity index (χ0v) is 8.80. The molecule has 0 radical (unpaired) electrons. The van der Waals surface area contributed by atoms with Crippen molar-refractivity contribution in [2.45, 2.75) is 6.18 Å². The summed E-state index contributed by atoms with van der Waals surface area (Å²) in [4.78, 5) is 0. The number of halogens is 4. The van der Waals surface area contributed by atoms with Crippen LogP contribution < -0.4 is 10.5 Å². The summed E-state index contributed by atoms with van der Waals surface area (Å²) in [6.45, 7) is -0.420. The maximum Gasteiger partial charge on any atom is 0.416 e. The first-order valence-corrected chi connectivity index (χ1v) is 4.78. The minimum Gasteiger partial charge on any atom is -0.489 e. The van der Waals surface area contributed by atoms with Crippen LogP contribution in [0.25, 0.3) is 0 Å². The minimum absolute atomic E-state index is 0.0286. The molecule has 0 heterocycles. The van der Waals surface area contributed by atoms with E-state index in [9.17, 15) is 17.6 Å². The van der Waals surface area contributed by atoms with Gasteiger partial charge in [0.05, 0.1) is 5.56 Å². The standard InChI is InChI=1S/C11H11F4NO/c12-9(7-16)4-5-17-10-3-1-2-8(6-10)11(13,14)15/h1-4,6H,5,7,16H2/b9-4-. The summed E-state index contributed by atoms with van der Waals surface area (Å²) in [7, 11) is 0. The maximum atomic E-state index is 12.6. The highest BCUT2D eigenvalue weighted by molar-refractivity contribution is 5.30. The molecular formula is C11H11F4NO. The predicted molar refractivity (Wildman–Crippen MR) is 55.2 cm³/mol. The van der Waals surface area contributed by atoms with E-state index in [0.717, 1.165) is 18.2 Å². The van der Waals surface area contributed by atoms with Crippen LogP contribution in [0.4, 0.5) is 17.6 Å². The van der Waals surface area contributed by atoms with E-state index in [-0.39, 0.29) is 18.9 Å². The zero-order valence-electron chi connectivity index (χ0n) is 8.80. The fourth-order valence-electron chi connectivity index (χ4n) is 1.07. The van der Waals surface area contributed by atoms with Crippen molar-refractivity contribution in [3.63, 3.8) is 0 Å². The lowest BCUT2D eigenvalue weighted by Crippen LogP contribution is -2.05. The lowest BCUT2D eigenvalue weighted by Gasteiger charge is -2.09. The van der Waals surface area contributed by atoms with Gasteiger partial charge in [0.15, 0.2) is 0 Å². The molecule has 17 heavy (non-hydrogen) atoms. The highest BCUT2D eigenvalue weighted by Gasteiger charge is 2.30. The van der Waals surface area contributed by atoms with Crippen LogP contribution in [-0.2, 0) is 6.18 Å². The monoisotopic (exact) mass is 249 g/mol.